The molecule has 104 valence electrons. The van der Waals surface area contributed by atoms with Gasteiger partial charge in [-0.15, -0.1) is 0 Å². The number of nitrogens with two attached hydrogens (primary N) is 2. The van der Waals surface area contributed by atoms with Crippen LogP contribution < -0.4 is 26.6 Å². The van der Waals surface area contributed by atoms with Gasteiger partial charge in [-0.05, 0) is 12.1 Å². The molecule has 0 saturated carbocycles. The first-order valence-electron chi connectivity index (χ1n) is 5.33. The van der Waals surface area contributed by atoms with Crippen LogP contribution in [0.5, 0.6) is 11.5 Å². The number of amides is 1. The predicted molar refractivity (Wildman–Crippen MR) is 65.0 cm³/mol. The Hall–Kier alpha value is -2.32. The van der Waals surface area contributed by atoms with Gasteiger partial charge in [0.1, 0.15) is 11.5 Å². The molecule has 0 aromatic heterocycles. The van der Waals surface area contributed by atoms with Gasteiger partial charge in [0.15, 0.2) is 0 Å². The highest BCUT2D eigenvalue weighted by Gasteiger charge is 2.08. The molecule has 0 saturated heterocycles. The molecule has 0 aliphatic rings. The summed E-state index contributed by atoms with van der Waals surface area (Å²) in [5, 5.41) is 0. The van der Waals surface area contributed by atoms with Crippen molar-refractivity contribution in [1.82, 2.24) is 5.59 Å². The Balaban J connectivity index is 2.64. The standard InChI is InChI=1S/C11H15N3O5/c1-17-8-4-7(11(12)16)5-9(6-8)18-3-2-10(15)19-14-13/h4-6,14H,2-3,13H2,1H3,(H2,12,16). The van der Waals surface area contributed by atoms with E-state index in [1.165, 1.54) is 19.2 Å². The third kappa shape index (κ3) is 4.82. The highest BCUT2D eigenvalue weighted by molar-refractivity contribution is 5.93. The van der Waals surface area contributed by atoms with Crippen molar-refractivity contribution >= 4 is 11.9 Å². The molecule has 0 unspecified atom stereocenters. The van der Waals surface area contributed by atoms with E-state index in [-0.39, 0.29) is 18.6 Å². The van der Waals surface area contributed by atoms with Crippen LogP contribution in [0.3, 0.4) is 0 Å². The molecule has 0 aliphatic carbocycles. The maximum absolute atomic E-state index is 11.1. The van der Waals surface area contributed by atoms with Gasteiger partial charge in [0.25, 0.3) is 0 Å². The predicted octanol–water partition coefficient (Wildman–Crippen LogP) is -0.515. The molecule has 8 heteroatoms. The molecule has 1 rings (SSSR count). The van der Waals surface area contributed by atoms with Crippen molar-refractivity contribution < 1.29 is 23.9 Å². The number of carbonyl (C=O) groups excluding carboxylic acids is 2. The lowest BCUT2D eigenvalue weighted by atomic mass is 10.2. The Kier molecular flexibility index (Phi) is 5.58. The number of benzene rings is 1. The van der Waals surface area contributed by atoms with Crippen molar-refractivity contribution in [2.75, 3.05) is 13.7 Å². The minimum absolute atomic E-state index is 0.00663. The molecular formula is C11H15N3O5. The first-order chi connectivity index (χ1) is 9.06. The Morgan fingerprint density at radius 2 is 1.95 bits per heavy atom. The second-order valence-electron chi connectivity index (χ2n) is 3.45. The summed E-state index contributed by atoms with van der Waals surface area (Å²) in [7, 11) is 1.45. The number of hydrogen-bond donors (Lipinski definition) is 3. The first-order valence-corrected chi connectivity index (χ1v) is 5.33. The van der Waals surface area contributed by atoms with Crippen LogP contribution >= 0.6 is 0 Å². The number of rotatable bonds is 7. The lowest BCUT2D eigenvalue weighted by Crippen LogP contribution is -2.26. The minimum Gasteiger partial charge on any atom is -0.497 e. The molecular weight excluding hydrogens is 254 g/mol. The Bertz CT molecular complexity index is 464. The van der Waals surface area contributed by atoms with Crippen LogP contribution in [0.25, 0.3) is 0 Å². The molecule has 0 bridgehead atoms. The molecule has 0 spiro atoms. The van der Waals surface area contributed by atoms with Crippen molar-refractivity contribution in [3.05, 3.63) is 23.8 Å². The van der Waals surface area contributed by atoms with Crippen molar-refractivity contribution in [2.45, 2.75) is 6.42 Å². The van der Waals surface area contributed by atoms with Gasteiger partial charge in [0, 0.05) is 11.6 Å². The van der Waals surface area contributed by atoms with Crippen molar-refractivity contribution in [2.24, 2.45) is 11.6 Å². The summed E-state index contributed by atoms with van der Waals surface area (Å²) in [6.45, 7) is 0.0614. The second kappa shape index (κ2) is 7.19. The summed E-state index contributed by atoms with van der Waals surface area (Å²) in [5.41, 5.74) is 7.20. The molecule has 0 heterocycles. The topological polar surface area (TPSA) is 126 Å². The fraction of sp³-hybridized carbons (Fsp3) is 0.273. The van der Waals surface area contributed by atoms with Gasteiger partial charge in [0.05, 0.1) is 20.1 Å². The maximum Gasteiger partial charge on any atom is 0.329 e. The lowest BCUT2D eigenvalue weighted by molar-refractivity contribution is -0.151. The molecule has 8 nitrogen and oxygen atoms in total. The number of hydrogen-bond acceptors (Lipinski definition) is 7. The minimum atomic E-state index is -0.601. The molecule has 5 N–H and O–H groups in total. The summed E-state index contributed by atoms with van der Waals surface area (Å²) in [4.78, 5) is 26.4. The molecule has 19 heavy (non-hydrogen) atoms. The fourth-order valence-electron chi connectivity index (χ4n) is 1.28. The Morgan fingerprint density at radius 3 is 2.53 bits per heavy atom. The normalized spacial score (nSPS) is 9.79. The van der Waals surface area contributed by atoms with Crippen LogP contribution in [-0.4, -0.2) is 25.6 Å². The molecule has 0 fully saturated rings. The van der Waals surface area contributed by atoms with Crippen LogP contribution in [0.2, 0.25) is 0 Å². The van der Waals surface area contributed by atoms with Gasteiger partial charge < -0.3 is 20.0 Å². The van der Waals surface area contributed by atoms with Crippen molar-refractivity contribution in [3.8, 4) is 11.5 Å². The van der Waals surface area contributed by atoms with E-state index in [2.05, 4.69) is 4.84 Å². The zero-order chi connectivity index (χ0) is 14.3. The van der Waals surface area contributed by atoms with E-state index in [1.54, 1.807) is 11.7 Å². The molecule has 1 amide bonds. The SMILES string of the molecule is COc1cc(OCCC(=O)ONN)cc(C(N)=O)c1. The van der Waals surface area contributed by atoms with E-state index in [1.807, 2.05) is 0 Å². The second-order valence-corrected chi connectivity index (χ2v) is 3.45. The van der Waals surface area contributed by atoms with Gasteiger partial charge in [0.2, 0.25) is 5.91 Å². The van der Waals surface area contributed by atoms with E-state index < -0.39 is 11.9 Å². The molecule has 0 radical (unpaired) electrons. The highest BCUT2D eigenvalue weighted by Crippen LogP contribution is 2.22. The van der Waals surface area contributed by atoms with Gasteiger partial charge in [-0.2, -0.15) is 0 Å². The molecule has 0 aliphatic heterocycles. The number of nitrogens with one attached hydrogen (secondary N) is 1. The van der Waals surface area contributed by atoms with Gasteiger partial charge in [-0.1, -0.05) is 5.59 Å². The molecule has 1 aromatic carbocycles. The molecule has 0 atom stereocenters. The summed E-state index contributed by atoms with van der Waals surface area (Å²) < 4.78 is 10.3. The van der Waals surface area contributed by atoms with Crippen LogP contribution in [0.15, 0.2) is 18.2 Å². The van der Waals surface area contributed by atoms with Gasteiger partial charge >= 0.3 is 5.97 Å². The third-order valence-electron chi connectivity index (χ3n) is 2.15. The van der Waals surface area contributed by atoms with Crippen LogP contribution in [0.4, 0.5) is 0 Å². The van der Waals surface area contributed by atoms with Crippen molar-refractivity contribution in [1.29, 1.82) is 0 Å². The highest BCUT2D eigenvalue weighted by atomic mass is 16.7. The Morgan fingerprint density at radius 1 is 1.26 bits per heavy atom. The first kappa shape index (κ1) is 14.7. The fourth-order valence-corrected chi connectivity index (χ4v) is 1.28. The number of methoxy groups -OCH3 is 1. The number of ether oxygens (including phenoxy) is 2. The van der Waals surface area contributed by atoms with E-state index in [4.69, 9.17) is 21.1 Å². The summed E-state index contributed by atoms with van der Waals surface area (Å²) in [5.74, 6) is 4.42. The zero-order valence-electron chi connectivity index (χ0n) is 10.3. The average Bonchev–Trinajstić information content (AvgIpc) is 2.38. The average molecular weight is 269 g/mol. The smallest absolute Gasteiger partial charge is 0.329 e. The summed E-state index contributed by atoms with van der Waals surface area (Å²) >= 11 is 0. The third-order valence-corrected chi connectivity index (χ3v) is 2.15. The quantitative estimate of drug-likeness (QED) is 0.449. The summed E-state index contributed by atoms with van der Waals surface area (Å²) in [6.07, 6.45) is -0.00663. The zero-order valence-corrected chi connectivity index (χ0v) is 10.3. The van der Waals surface area contributed by atoms with E-state index >= 15 is 0 Å². The van der Waals surface area contributed by atoms with E-state index in [0.29, 0.717) is 11.5 Å². The van der Waals surface area contributed by atoms with Crippen LogP contribution in [0.1, 0.15) is 16.8 Å². The number of carbonyl (C=O) groups is 2. The van der Waals surface area contributed by atoms with Gasteiger partial charge in [-0.3, -0.25) is 9.59 Å². The number of primary amides is 1. The largest absolute Gasteiger partial charge is 0.497 e. The lowest BCUT2D eigenvalue weighted by Gasteiger charge is -2.09. The maximum atomic E-state index is 11.1. The van der Waals surface area contributed by atoms with E-state index in [0.717, 1.165) is 0 Å². The Labute approximate surface area is 109 Å². The number of hydrazine groups is 1. The van der Waals surface area contributed by atoms with Crippen molar-refractivity contribution in [3.63, 3.8) is 0 Å². The molecule has 1 aromatic rings. The summed E-state index contributed by atoms with van der Waals surface area (Å²) in [6, 6.07) is 4.51. The monoisotopic (exact) mass is 269 g/mol. The van der Waals surface area contributed by atoms with E-state index in [9.17, 15) is 9.59 Å². The van der Waals surface area contributed by atoms with Gasteiger partial charge in [-0.25, -0.2) is 5.84 Å². The van der Waals surface area contributed by atoms with Crippen LogP contribution in [0, 0.1) is 0 Å². The van der Waals surface area contributed by atoms with Crippen LogP contribution in [-0.2, 0) is 9.63 Å².